The van der Waals surface area contributed by atoms with Gasteiger partial charge in [0.05, 0.1) is 0 Å². The van der Waals surface area contributed by atoms with Crippen molar-refractivity contribution in [1.82, 2.24) is 10.2 Å². The number of urea groups is 1. The first-order valence-corrected chi connectivity index (χ1v) is 6.53. The van der Waals surface area contributed by atoms with Gasteiger partial charge in [0.15, 0.2) is 0 Å². The van der Waals surface area contributed by atoms with Crippen molar-refractivity contribution < 1.29 is 4.79 Å². The van der Waals surface area contributed by atoms with Crippen molar-refractivity contribution in [2.75, 3.05) is 13.1 Å². The van der Waals surface area contributed by atoms with Crippen molar-refractivity contribution in [2.24, 2.45) is 11.8 Å². The maximum Gasteiger partial charge on any atom is 0.317 e. The smallest absolute Gasteiger partial charge is 0.317 e. The minimum absolute atomic E-state index is 0.120. The lowest BCUT2D eigenvalue weighted by atomic mass is 9.82. The molecule has 0 radical (unpaired) electrons. The van der Waals surface area contributed by atoms with Gasteiger partial charge in [-0.15, -0.1) is 0 Å². The van der Waals surface area contributed by atoms with Gasteiger partial charge in [-0.3, -0.25) is 0 Å². The Morgan fingerprint density at radius 3 is 2.06 bits per heavy atom. The van der Waals surface area contributed by atoms with Gasteiger partial charge in [0.1, 0.15) is 0 Å². The largest absolute Gasteiger partial charge is 0.333 e. The zero-order valence-electron chi connectivity index (χ0n) is 10.8. The van der Waals surface area contributed by atoms with Gasteiger partial charge in [-0.1, -0.05) is 12.8 Å². The maximum atomic E-state index is 12.0. The molecule has 92 valence electrons. The lowest BCUT2D eigenvalue weighted by Gasteiger charge is -2.25. The van der Waals surface area contributed by atoms with Crippen molar-refractivity contribution in [3.63, 3.8) is 0 Å². The molecule has 2 aliphatic rings. The molecule has 1 saturated carbocycles. The van der Waals surface area contributed by atoms with Gasteiger partial charge >= 0.3 is 6.03 Å². The molecule has 2 unspecified atom stereocenters. The average Bonchev–Trinajstić information content (AvgIpc) is 2.58. The molecular formula is C13H24N2O. The molecule has 0 spiro atoms. The van der Waals surface area contributed by atoms with E-state index >= 15 is 0 Å². The molecule has 1 aliphatic heterocycles. The second kappa shape index (κ2) is 4.27. The molecule has 0 aromatic rings. The van der Waals surface area contributed by atoms with Crippen molar-refractivity contribution in [1.29, 1.82) is 0 Å². The van der Waals surface area contributed by atoms with Gasteiger partial charge in [-0.25, -0.2) is 4.79 Å². The van der Waals surface area contributed by atoms with Crippen LogP contribution in [0.3, 0.4) is 0 Å². The van der Waals surface area contributed by atoms with Gasteiger partial charge in [0.2, 0.25) is 0 Å². The summed E-state index contributed by atoms with van der Waals surface area (Å²) in [5.41, 5.74) is -0.120. The number of rotatable bonds is 0. The van der Waals surface area contributed by atoms with Crippen LogP contribution < -0.4 is 5.32 Å². The lowest BCUT2D eigenvalue weighted by Crippen LogP contribution is -2.47. The summed E-state index contributed by atoms with van der Waals surface area (Å²) >= 11 is 0. The normalized spacial score (nSPS) is 30.1. The van der Waals surface area contributed by atoms with E-state index in [0.717, 1.165) is 24.9 Å². The van der Waals surface area contributed by atoms with Gasteiger partial charge in [-0.05, 0) is 45.4 Å². The van der Waals surface area contributed by atoms with E-state index in [1.54, 1.807) is 0 Å². The molecule has 1 saturated heterocycles. The van der Waals surface area contributed by atoms with E-state index < -0.39 is 0 Å². The molecule has 2 fully saturated rings. The van der Waals surface area contributed by atoms with Crippen LogP contribution in [0, 0.1) is 11.8 Å². The first kappa shape index (κ1) is 11.7. The highest BCUT2D eigenvalue weighted by molar-refractivity contribution is 5.75. The highest BCUT2D eigenvalue weighted by atomic mass is 16.2. The molecule has 3 nitrogen and oxygen atoms in total. The standard InChI is InChI=1S/C13H24N2O/c1-13(2,3)14-12(16)15-8-10-6-4-5-7-11(10)9-15/h10-11H,4-9H2,1-3H3,(H,14,16). The van der Waals surface area contributed by atoms with Crippen molar-refractivity contribution in [3.8, 4) is 0 Å². The molecule has 1 N–H and O–H groups in total. The summed E-state index contributed by atoms with van der Waals surface area (Å²) in [6, 6.07) is 0.127. The van der Waals surface area contributed by atoms with E-state index in [2.05, 4.69) is 5.32 Å². The number of nitrogens with one attached hydrogen (secondary N) is 1. The van der Waals surface area contributed by atoms with Crippen molar-refractivity contribution >= 4 is 6.03 Å². The van der Waals surface area contributed by atoms with Crippen LogP contribution in [0.1, 0.15) is 46.5 Å². The van der Waals surface area contributed by atoms with E-state index in [1.165, 1.54) is 25.7 Å². The topological polar surface area (TPSA) is 32.3 Å². The van der Waals surface area contributed by atoms with Crippen LogP contribution in [0.25, 0.3) is 0 Å². The summed E-state index contributed by atoms with van der Waals surface area (Å²) in [7, 11) is 0. The summed E-state index contributed by atoms with van der Waals surface area (Å²) in [6.45, 7) is 8.06. The minimum Gasteiger partial charge on any atom is -0.333 e. The van der Waals surface area contributed by atoms with Crippen molar-refractivity contribution in [3.05, 3.63) is 0 Å². The third-order valence-electron chi connectivity index (χ3n) is 3.75. The molecule has 2 amide bonds. The number of carbonyl (C=O) groups is 1. The predicted octanol–water partition coefficient (Wildman–Crippen LogP) is 2.62. The van der Waals surface area contributed by atoms with Gasteiger partial charge in [0.25, 0.3) is 0 Å². The number of amides is 2. The SMILES string of the molecule is CC(C)(C)NC(=O)N1CC2CCCCC2C1. The summed E-state index contributed by atoms with van der Waals surface area (Å²) in [6.07, 6.45) is 5.36. The number of carbonyl (C=O) groups excluding carboxylic acids is 1. The lowest BCUT2D eigenvalue weighted by molar-refractivity contribution is 0.197. The van der Waals surface area contributed by atoms with Crippen LogP contribution in [0.4, 0.5) is 4.79 Å². The Hall–Kier alpha value is -0.730. The summed E-state index contributed by atoms with van der Waals surface area (Å²) in [5.74, 6) is 1.55. The number of fused-ring (bicyclic) bond motifs is 1. The first-order valence-electron chi connectivity index (χ1n) is 6.53. The fraction of sp³-hybridized carbons (Fsp3) is 0.923. The van der Waals surface area contributed by atoms with E-state index in [-0.39, 0.29) is 11.6 Å². The van der Waals surface area contributed by atoms with Crippen LogP contribution in [-0.4, -0.2) is 29.6 Å². The average molecular weight is 224 g/mol. The molecule has 1 heterocycles. The van der Waals surface area contributed by atoms with Crippen LogP contribution >= 0.6 is 0 Å². The number of hydrogen-bond acceptors (Lipinski definition) is 1. The van der Waals surface area contributed by atoms with Crippen LogP contribution in [0.15, 0.2) is 0 Å². The third kappa shape index (κ3) is 2.69. The molecular weight excluding hydrogens is 200 g/mol. The summed E-state index contributed by atoms with van der Waals surface area (Å²) < 4.78 is 0. The zero-order valence-corrected chi connectivity index (χ0v) is 10.8. The third-order valence-corrected chi connectivity index (χ3v) is 3.75. The molecule has 16 heavy (non-hydrogen) atoms. The number of hydrogen-bond donors (Lipinski definition) is 1. The quantitative estimate of drug-likeness (QED) is 0.674. The van der Waals surface area contributed by atoms with Crippen molar-refractivity contribution in [2.45, 2.75) is 52.0 Å². The molecule has 0 aromatic heterocycles. The zero-order chi connectivity index (χ0) is 11.8. The van der Waals surface area contributed by atoms with Gasteiger partial charge < -0.3 is 10.2 Å². The van der Waals surface area contributed by atoms with E-state index in [9.17, 15) is 4.79 Å². The Kier molecular flexibility index (Phi) is 3.13. The fourth-order valence-electron chi connectivity index (χ4n) is 2.97. The second-order valence-electron chi connectivity index (χ2n) is 6.39. The monoisotopic (exact) mass is 224 g/mol. The van der Waals surface area contributed by atoms with Crippen LogP contribution in [0.2, 0.25) is 0 Å². The number of nitrogens with zero attached hydrogens (tertiary/aromatic N) is 1. The highest BCUT2D eigenvalue weighted by Crippen LogP contribution is 2.35. The molecule has 0 bridgehead atoms. The highest BCUT2D eigenvalue weighted by Gasteiger charge is 2.36. The molecule has 3 heteroatoms. The summed E-state index contributed by atoms with van der Waals surface area (Å²) in [4.78, 5) is 14.0. The van der Waals surface area contributed by atoms with Gasteiger partial charge in [0, 0.05) is 18.6 Å². The van der Waals surface area contributed by atoms with Gasteiger partial charge in [-0.2, -0.15) is 0 Å². The fourth-order valence-corrected chi connectivity index (χ4v) is 2.97. The first-order chi connectivity index (χ1) is 7.46. The Morgan fingerprint density at radius 1 is 1.12 bits per heavy atom. The van der Waals surface area contributed by atoms with E-state index in [0.29, 0.717) is 0 Å². The second-order valence-corrected chi connectivity index (χ2v) is 6.39. The van der Waals surface area contributed by atoms with Crippen LogP contribution in [-0.2, 0) is 0 Å². The molecule has 2 atom stereocenters. The van der Waals surface area contributed by atoms with E-state index in [4.69, 9.17) is 0 Å². The Bertz CT molecular complexity index is 256. The molecule has 0 aromatic carbocycles. The molecule has 2 rings (SSSR count). The molecule has 1 aliphatic carbocycles. The van der Waals surface area contributed by atoms with E-state index in [1.807, 2.05) is 25.7 Å². The Labute approximate surface area is 98.6 Å². The predicted molar refractivity (Wildman–Crippen MR) is 65.3 cm³/mol. The Morgan fingerprint density at radius 2 is 1.62 bits per heavy atom. The van der Waals surface area contributed by atoms with Crippen LogP contribution in [0.5, 0.6) is 0 Å². The number of likely N-dealkylation sites (tertiary alicyclic amines) is 1. The summed E-state index contributed by atoms with van der Waals surface area (Å²) in [5, 5.41) is 3.06. The maximum absolute atomic E-state index is 12.0. The minimum atomic E-state index is -0.120. The Balaban J connectivity index is 1.90.